The highest BCUT2D eigenvalue weighted by Crippen LogP contribution is 2.36. The zero-order valence-corrected chi connectivity index (χ0v) is 17.7. The lowest BCUT2D eigenvalue weighted by Gasteiger charge is -2.27. The van der Waals surface area contributed by atoms with Gasteiger partial charge in [-0.05, 0) is 59.7 Å². The maximum absolute atomic E-state index is 10.0. The molecule has 0 saturated heterocycles. The largest absolute Gasteiger partial charge is 0.508 e. The van der Waals surface area contributed by atoms with Crippen molar-refractivity contribution in [3.8, 4) is 17.2 Å². The minimum Gasteiger partial charge on any atom is -0.508 e. The first-order valence-corrected chi connectivity index (χ1v) is 10.5. The third-order valence-corrected chi connectivity index (χ3v) is 5.93. The van der Waals surface area contributed by atoms with Gasteiger partial charge in [-0.15, -0.1) is 0 Å². The lowest BCUT2D eigenvalue weighted by molar-refractivity contribution is 0.252. The Bertz CT molecular complexity index is 1000. The van der Waals surface area contributed by atoms with E-state index < -0.39 is 0 Å². The highest BCUT2D eigenvalue weighted by atomic mass is 16.5. The molecule has 0 aromatic heterocycles. The second-order valence-corrected chi connectivity index (χ2v) is 7.84. The molecule has 0 aliphatic carbocycles. The SMILES string of the molecule is COc1ccc2c(c1OC)CN(Cc1ccccc1)CCc1ccc(O)cc1CC2. The van der Waals surface area contributed by atoms with Gasteiger partial charge in [-0.2, -0.15) is 0 Å². The number of rotatable bonds is 4. The van der Waals surface area contributed by atoms with Crippen molar-refractivity contribution in [2.75, 3.05) is 20.8 Å². The van der Waals surface area contributed by atoms with E-state index in [1.807, 2.05) is 12.1 Å². The molecule has 0 spiro atoms. The molecule has 1 heterocycles. The average molecular weight is 404 g/mol. The van der Waals surface area contributed by atoms with Gasteiger partial charge in [0.25, 0.3) is 0 Å². The number of aryl methyl sites for hydroxylation is 2. The Hall–Kier alpha value is -2.98. The fraction of sp³-hybridized carbons (Fsp3) is 0.308. The van der Waals surface area contributed by atoms with Crippen molar-refractivity contribution in [3.05, 3.63) is 88.5 Å². The van der Waals surface area contributed by atoms with E-state index >= 15 is 0 Å². The summed E-state index contributed by atoms with van der Waals surface area (Å²) < 4.78 is 11.4. The maximum Gasteiger partial charge on any atom is 0.165 e. The highest BCUT2D eigenvalue weighted by Gasteiger charge is 2.20. The molecule has 0 amide bonds. The van der Waals surface area contributed by atoms with E-state index in [9.17, 15) is 5.11 Å². The van der Waals surface area contributed by atoms with Crippen molar-refractivity contribution >= 4 is 0 Å². The van der Waals surface area contributed by atoms with E-state index in [4.69, 9.17) is 9.47 Å². The molecule has 0 atom stereocenters. The molecule has 1 aliphatic rings. The van der Waals surface area contributed by atoms with Crippen molar-refractivity contribution in [1.29, 1.82) is 0 Å². The van der Waals surface area contributed by atoms with Crippen molar-refractivity contribution in [2.24, 2.45) is 0 Å². The quantitative estimate of drug-likeness (QED) is 0.682. The van der Waals surface area contributed by atoms with Crippen molar-refractivity contribution in [1.82, 2.24) is 4.90 Å². The van der Waals surface area contributed by atoms with Crippen LogP contribution in [0.25, 0.3) is 0 Å². The van der Waals surface area contributed by atoms with Crippen molar-refractivity contribution in [2.45, 2.75) is 32.4 Å². The van der Waals surface area contributed by atoms with Crippen molar-refractivity contribution < 1.29 is 14.6 Å². The number of aromatic hydroxyl groups is 1. The number of nitrogens with zero attached hydrogens (tertiary/aromatic N) is 1. The van der Waals surface area contributed by atoms with Crippen LogP contribution in [0, 0.1) is 0 Å². The van der Waals surface area contributed by atoms with Crippen LogP contribution in [0.3, 0.4) is 0 Å². The van der Waals surface area contributed by atoms with Gasteiger partial charge in [0.15, 0.2) is 11.5 Å². The van der Waals surface area contributed by atoms with Gasteiger partial charge in [0.2, 0.25) is 0 Å². The normalized spacial score (nSPS) is 14.5. The summed E-state index contributed by atoms with van der Waals surface area (Å²) >= 11 is 0. The Balaban J connectivity index is 1.75. The molecule has 0 unspecified atom stereocenters. The number of ether oxygens (including phenoxy) is 2. The monoisotopic (exact) mass is 403 g/mol. The molecule has 3 aromatic rings. The van der Waals surface area contributed by atoms with Crippen molar-refractivity contribution in [3.63, 3.8) is 0 Å². The molecule has 0 radical (unpaired) electrons. The molecule has 0 fully saturated rings. The lowest BCUT2D eigenvalue weighted by Crippen LogP contribution is -2.27. The summed E-state index contributed by atoms with van der Waals surface area (Å²) in [6.07, 6.45) is 2.74. The molecular formula is C26H29NO3. The Morgan fingerprint density at radius 2 is 1.60 bits per heavy atom. The summed E-state index contributed by atoms with van der Waals surface area (Å²) in [5.74, 6) is 1.93. The van der Waals surface area contributed by atoms with E-state index in [0.717, 1.165) is 50.4 Å². The van der Waals surface area contributed by atoms with E-state index in [1.54, 1.807) is 20.3 Å². The fourth-order valence-corrected chi connectivity index (χ4v) is 4.36. The first-order valence-electron chi connectivity index (χ1n) is 10.5. The molecular weight excluding hydrogens is 374 g/mol. The van der Waals surface area contributed by atoms with Crippen LogP contribution in [-0.4, -0.2) is 30.8 Å². The van der Waals surface area contributed by atoms with E-state index in [1.165, 1.54) is 27.8 Å². The zero-order chi connectivity index (χ0) is 20.9. The number of phenolic OH excluding ortho intramolecular Hbond substituents is 1. The summed E-state index contributed by atoms with van der Waals surface area (Å²) in [6.45, 7) is 2.60. The second kappa shape index (κ2) is 9.23. The van der Waals surface area contributed by atoms with E-state index in [2.05, 4.69) is 47.4 Å². The molecule has 0 bridgehead atoms. The first-order chi connectivity index (χ1) is 14.7. The molecule has 4 nitrogen and oxygen atoms in total. The van der Waals surface area contributed by atoms with Crippen LogP contribution in [0.2, 0.25) is 0 Å². The number of phenols is 1. The predicted molar refractivity (Wildman–Crippen MR) is 119 cm³/mol. The molecule has 1 aliphatic heterocycles. The van der Waals surface area contributed by atoms with Crippen LogP contribution in [-0.2, 0) is 32.4 Å². The van der Waals surface area contributed by atoms with Crippen LogP contribution >= 0.6 is 0 Å². The fourth-order valence-electron chi connectivity index (χ4n) is 4.36. The van der Waals surface area contributed by atoms with Gasteiger partial charge in [-0.25, -0.2) is 0 Å². The average Bonchev–Trinajstić information content (AvgIpc) is 2.77. The molecule has 4 heteroatoms. The molecule has 3 aromatic carbocycles. The molecule has 1 N–H and O–H groups in total. The number of hydrogen-bond donors (Lipinski definition) is 1. The van der Waals surface area contributed by atoms with Gasteiger partial charge >= 0.3 is 0 Å². The minimum absolute atomic E-state index is 0.333. The molecule has 4 rings (SSSR count). The van der Waals surface area contributed by atoms with Gasteiger partial charge < -0.3 is 14.6 Å². The summed E-state index contributed by atoms with van der Waals surface area (Å²) in [7, 11) is 3.40. The predicted octanol–water partition coefficient (Wildman–Crippen LogP) is 4.75. The second-order valence-electron chi connectivity index (χ2n) is 7.84. The van der Waals surface area contributed by atoms with Crippen LogP contribution in [0.1, 0.15) is 27.8 Å². The smallest absolute Gasteiger partial charge is 0.165 e. The van der Waals surface area contributed by atoms with Gasteiger partial charge in [-0.1, -0.05) is 42.5 Å². The van der Waals surface area contributed by atoms with Gasteiger partial charge in [0.1, 0.15) is 5.75 Å². The first kappa shape index (κ1) is 20.3. The third kappa shape index (κ3) is 4.44. The van der Waals surface area contributed by atoms with E-state index in [-0.39, 0.29) is 0 Å². The summed E-state index contributed by atoms with van der Waals surface area (Å²) in [5.41, 5.74) is 6.29. The highest BCUT2D eigenvalue weighted by molar-refractivity contribution is 5.51. The van der Waals surface area contributed by atoms with Crippen LogP contribution in [0.15, 0.2) is 60.7 Å². The number of hydrogen-bond acceptors (Lipinski definition) is 4. The topological polar surface area (TPSA) is 41.9 Å². The van der Waals surface area contributed by atoms with Crippen LogP contribution in [0.5, 0.6) is 17.2 Å². The number of benzene rings is 3. The summed E-state index contributed by atoms with van der Waals surface area (Å²) in [6, 6.07) is 20.5. The third-order valence-electron chi connectivity index (χ3n) is 5.93. The Morgan fingerprint density at radius 1 is 0.833 bits per heavy atom. The lowest BCUT2D eigenvalue weighted by atomic mass is 9.93. The molecule has 156 valence electrons. The van der Waals surface area contributed by atoms with Gasteiger partial charge in [0.05, 0.1) is 14.2 Å². The maximum atomic E-state index is 10.0. The van der Waals surface area contributed by atoms with Crippen LogP contribution in [0.4, 0.5) is 0 Å². The minimum atomic E-state index is 0.333. The summed E-state index contributed by atoms with van der Waals surface area (Å²) in [4.78, 5) is 2.47. The standard InChI is InChI=1S/C26H29NO3/c1-29-25-13-11-21-8-9-22-16-23(28)12-10-20(22)14-15-27(18-24(21)26(25)30-2)17-19-6-4-3-5-7-19/h3-7,10-13,16,28H,8-9,14-15,17-18H2,1-2H3. The molecule has 0 saturated carbocycles. The Kier molecular flexibility index (Phi) is 6.24. The molecule has 30 heavy (non-hydrogen) atoms. The Morgan fingerprint density at radius 3 is 2.37 bits per heavy atom. The van der Waals surface area contributed by atoms with Gasteiger partial charge in [-0.3, -0.25) is 4.90 Å². The van der Waals surface area contributed by atoms with Crippen LogP contribution < -0.4 is 9.47 Å². The van der Waals surface area contributed by atoms with E-state index in [0.29, 0.717) is 5.75 Å². The summed E-state index contributed by atoms with van der Waals surface area (Å²) in [5, 5.41) is 10.0. The number of fused-ring (bicyclic) bond motifs is 2. The zero-order valence-electron chi connectivity index (χ0n) is 17.7. The number of methoxy groups -OCH3 is 2. The Labute approximate surface area is 178 Å². The van der Waals surface area contributed by atoms with Gasteiger partial charge in [0, 0.05) is 25.2 Å².